The van der Waals surface area contributed by atoms with Crippen molar-refractivity contribution < 1.29 is 14.7 Å². The summed E-state index contributed by atoms with van der Waals surface area (Å²) in [7, 11) is 0. The van der Waals surface area contributed by atoms with Gasteiger partial charge in [-0.1, -0.05) is 0 Å². The topological polar surface area (TPSA) is 91.3 Å². The van der Waals surface area contributed by atoms with E-state index in [1.807, 2.05) is 12.3 Å². The molecule has 1 aliphatic rings. The van der Waals surface area contributed by atoms with Crippen LogP contribution in [0.3, 0.4) is 0 Å². The molecule has 0 saturated heterocycles. The Bertz CT molecular complexity index is 456. The molecule has 1 aliphatic carbocycles. The quantitative estimate of drug-likeness (QED) is 0.747. The van der Waals surface area contributed by atoms with Gasteiger partial charge >= 0.3 is 12.0 Å². The van der Waals surface area contributed by atoms with Gasteiger partial charge < -0.3 is 15.7 Å². The van der Waals surface area contributed by atoms with Crippen molar-refractivity contribution in [2.45, 2.75) is 32.4 Å². The fraction of sp³-hybridized carbons (Fsp3) is 0.545. The number of carbonyl (C=O) groups is 2. The van der Waals surface area contributed by atoms with Crippen molar-refractivity contribution in [3.8, 4) is 0 Å². The Kier molecular flexibility index (Phi) is 3.81. The lowest BCUT2D eigenvalue weighted by molar-refractivity contribution is -0.139. The number of rotatable bonds is 5. The van der Waals surface area contributed by atoms with Crippen LogP contribution in [0.5, 0.6) is 0 Å². The van der Waals surface area contributed by atoms with Crippen molar-refractivity contribution in [1.29, 1.82) is 0 Å². The molecule has 1 fully saturated rings. The predicted octanol–water partition coefficient (Wildman–Crippen LogP) is 1.11. The zero-order valence-electron chi connectivity index (χ0n) is 9.97. The molecule has 0 spiro atoms. The number of hydrogen-bond acceptors (Lipinski definition) is 4. The number of hydrogen-bond donors (Lipinski definition) is 3. The lowest BCUT2D eigenvalue weighted by Gasteiger charge is -2.13. The molecule has 98 valence electrons. The van der Waals surface area contributed by atoms with Gasteiger partial charge in [0, 0.05) is 11.1 Å². The number of aryl methyl sites for hydroxylation is 1. The fourth-order valence-electron chi connectivity index (χ4n) is 1.64. The molecule has 0 aromatic carbocycles. The van der Waals surface area contributed by atoms with E-state index >= 15 is 0 Å². The summed E-state index contributed by atoms with van der Waals surface area (Å²) in [5, 5.41) is 16.8. The van der Waals surface area contributed by atoms with Gasteiger partial charge in [-0.25, -0.2) is 14.6 Å². The number of aliphatic carboxylic acids is 1. The van der Waals surface area contributed by atoms with Crippen molar-refractivity contribution in [1.82, 2.24) is 15.6 Å². The highest BCUT2D eigenvalue weighted by Gasteiger charge is 2.37. The van der Waals surface area contributed by atoms with E-state index in [4.69, 9.17) is 5.11 Å². The number of carboxylic acid groups (broad SMARTS) is 1. The predicted molar refractivity (Wildman–Crippen MR) is 66.4 cm³/mol. The average molecular weight is 269 g/mol. The molecule has 3 N–H and O–H groups in total. The summed E-state index contributed by atoms with van der Waals surface area (Å²) >= 11 is 1.47. The van der Waals surface area contributed by atoms with E-state index in [0.29, 0.717) is 6.54 Å². The number of nitrogens with zero attached hydrogens (tertiary/aromatic N) is 1. The highest BCUT2D eigenvalue weighted by Crippen LogP contribution is 2.32. The number of urea groups is 1. The highest BCUT2D eigenvalue weighted by molar-refractivity contribution is 7.09. The van der Waals surface area contributed by atoms with Crippen LogP contribution in [0.4, 0.5) is 4.79 Å². The van der Waals surface area contributed by atoms with Crippen LogP contribution in [0.2, 0.25) is 0 Å². The second kappa shape index (κ2) is 5.34. The van der Waals surface area contributed by atoms with Crippen molar-refractivity contribution in [3.63, 3.8) is 0 Å². The van der Waals surface area contributed by atoms with Gasteiger partial charge in [-0.2, -0.15) is 0 Å². The SMILES string of the molecule is Cc1csc(CNC(=O)NC(C(=O)O)C2CC2)n1. The zero-order chi connectivity index (χ0) is 13.1. The fourth-order valence-corrected chi connectivity index (χ4v) is 2.35. The third-order valence-corrected chi connectivity index (χ3v) is 3.68. The van der Waals surface area contributed by atoms with Gasteiger partial charge in [0.15, 0.2) is 0 Å². The number of carbonyl (C=O) groups excluding carboxylic acids is 1. The number of thiazole rings is 1. The van der Waals surface area contributed by atoms with E-state index in [1.165, 1.54) is 11.3 Å². The molecule has 0 bridgehead atoms. The lowest BCUT2D eigenvalue weighted by atomic mass is 10.2. The summed E-state index contributed by atoms with van der Waals surface area (Å²) in [6, 6.07) is -1.23. The summed E-state index contributed by atoms with van der Waals surface area (Å²) < 4.78 is 0. The number of amides is 2. The molecule has 1 atom stereocenters. The summed E-state index contributed by atoms with van der Waals surface area (Å²) in [4.78, 5) is 26.7. The monoisotopic (exact) mass is 269 g/mol. The molecule has 1 aromatic heterocycles. The maximum absolute atomic E-state index is 11.6. The van der Waals surface area contributed by atoms with Crippen molar-refractivity contribution in [2.75, 3.05) is 0 Å². The van der Waals surface area contributed by atoms with Crippen molar-refractivity contribution in [2.24, 2.45) is 5.92 Å². The van der Waals surface area contributed by atoms with Crippen molar-refractivity contribution in [3.05, 3.63) is 16.1 Å². The first-order valence-corrected chi connectivity index (χ1v) is 6.62. The molecule has 0 aliphatic heterocycles. The summed E-state index contributed by atoms with van der Waals surface area (Å²) in [5.74, 6) is -0.895. The summed E-state index contributed by atoms with van der Waals surface area (Å²) in [6.45, 7) is 2.20. The molecule has 1 unspecified atom stereocenters. The van der Waals surface area contributed by atoms with Crippen LogP contribution in [0.15, 0.2) is 5.38 Å². The van der Waals surface area contributed by atoms with Gasteiger partial charge in [-0.15, -0.1) is 11.3 Å². The smallest absolute Gasteiger partial charge is 0.326 e. The van der Waals surface area contributed by atoms with Crippen LogP contribution in [0, 0.1) is 12.8 Å². The van der Waals surface area contributed by atoms with Crippen LogP contribution < -0.4 is 10.6 Å². The molecule has 18 heavy (non-hydrogen) atoms. The molecule has 7 heteroatoms. The zero-order valence-corrected chi connectivity index (χ0v) is 10.8. The Labute approximate surface area is 108 Å². The van der Waals surface area contributed by atoms with E-state index in [1.54, 1.807) is 0 Å². The summed E-state index contributed by atoms with van der Waals surface area (Å²) in [5.41, 5.74) is 0.915. The van der Waals surface area contributed by atoms with Gasteiger partial charge in [0.25, 0.3) is 0 Å². The highest BCUT2D eigenvalue weighted by atomic mass is 32.1. The number of carboxylic acids is 1. The van der Waals surface area contributed by atoms with Crippen molar-refractivity contribution >= 4 is 23.3 Å². The molecular weight excluding hydrogens is 254 g/mol. The van der Waals surface area contributed by atoms with Crippen LogP contribution in [-0.2, 0) is 11.3 Å². The molecule has 6 nitrogen and oxygen atoms in total. The summed E-state index contributed by atoms with van der Waals surface area (Å²) in [6.07, 6.45) is 1.73. The van der Waals surface area contributed by atoms with E-state index in [9.17, 15) is 9.59 Å². The molecule has 1 heterocycles. The van der Waals surface area contributed by atoms with Gasteiger partial charge in [-0.05, 0) is 25.7 Å². The Hall–Kier alpha value is -1.63. The normalized spacial score (nSPS) is 16.1. The lowest BCUT2D eigenvalue weighted by Crippen LogP contribution is -2.46. The van der Waals surface area contributed by atoms with Crippen LogP contribution in [0.1, 0.15) is 23.5 Å². The van der Waals surface area contributed by atoms with Crippen LogP contribution in [0.25, 0.3) is 0 Å². The second-order valence-corrected chi connectivity index (χ2v) is 5.31. The first kappa shape index (κ1) is 12.8. The average Bonchev–Trinajstić information content (AvgIpc) is 3.06. The van der Waals surface area contributed by atoms with Gasteiger partial charge in [0.2, 0.25) is 0 Å². The Morgan fingerprint density at radius 2 is 2.33 bits per heavy atom. The van der Waals surface area contributed by atoms with E-state index < -0.39 is 18.0 Å². The maximum atomic E-state index is 11.6. The van der Waals surface area contributed by atoms with Gasteiger partial charge in [0.1, 0.15) is 11.0 Å². The second-order valence-electron chi connectivity index (χ2n) is 4.36. The first-order valence-electron chi connectivity index (χ1n) is 5.74. The molecule has 1 saturated carbocycles. The van der Waals surface area contributed by atoms with E-state index in [0.717, 1.165) is 23.5 Å². The molecule has 2 rings (SSSR count). The molecular formula is C11H15N3O3S. The van der Waals surface area contributed by atoms with Crippen LogP contribution >= 0.6 is 11.3 Å². The first-order chi connectivity index (χ1) is 8.56. The Morgan fingerprint density at radius 3 is 2.83 bits per heavy atom. The minimum Gasteiger partial charge on any atom is -0.480 e. The third kappa shape index (κ3) is 3.43. The van der Waals surface area contributed by atoms with Gasteiger partial charge in [0.05, 0.1) is 6.54 Å². The minimum atomic E-state index is -0.974. The third-order valence-electron chi connectivity index (χ3n) is 2.71. The largest absolute Gasteiger partial charge is 0.480 e. The molecule has 1 aromatic rings. The van der Waals surface area contributed by atoms with E-state index in [-0.39, 0.29) is 5.92 Å². The number of aromatic nitrogens is 1. The Balaban J connectivity index is 1.79. The maximum Gasteiger partial charge on any atom is 0.326 e. The molecule has 2 amide bonds. The number of nitrogens with one attached hydrogen (secondary N) is 2. The molecule has 0 radical (unpaired) electrons. The van der Waals surface area contributed by atoms with Crippen LogP contribution in [-0.4, -0.2) is 28.1 Å². The Morgan fingerprint density at radius 1 is 1.61 bits per heavy atom. The van der Waals surface area contributed by atoms with Gasteiger partial charge in [-0.3, -0.25) is 0 Å². The standard InChI is InChI=1S/C11H15N3O3S/c1-6-5-18-8(13-6)4-12-11(17)14-9(10(15)16)7-2-3-7/h5,7,9H,2-4H2,1H3,(H,15,16)(H2,12,14,17). The van der Waals surface area contributed by atoms with E-state index in [2.05, 4.69) is 15.6 Å². The minimum absolute atomic E-state index is 0.0790.